The summed E-state index contributed by atoms with van der Waals surface area (Å²) < 4.78 is 0. The third kappa shape index (κ3) is 2.15. The van der Waals surface area contributed by atoms with Crippen LogP contribution in [-0.2, 0) is 0 Å². The van der Waals surface area contributed by atoms with E-state index in [2.05, 4.69) is 5.32 Å². The Morgan fingerprint density at radius 2 is 2.60 bits per heavy atom. The van der Waals surface area contributed by atoms with Crippen molar-refractivity contribution in [3.8, 4) is 0 Å². The minimum Gasteiger partial charge on any atom is -0.326 e. The summed E-state index contributed by atoms with van der Waals surface area (Å²) in [5, 5.41) is 3.11. The molecule has 2 unspecified atom stereocenters. The van der Waals surface area contributed by atoms with E-state index in [1.54, 1.807) is 0 Å². The lowest BCUT2D eigenvalue weighted by atomic mass is 10.0. The van der Waals surface area contributed by atoms with Gasteiger partial charge in [-0.05, 0) is 30.9 Å². The molecule has 0 aromatic carbocycles. The number of nitrogens with one attached hydrogen (secondary N) is 1. The van der Waals surface area contributed by atoms with E-state index < -0.39 is 0 Å². The predicted molar refractivity (Wildman–Crippen MR) is 47.3 cm³/mol. The first-order valence-electron chi connectivity index (χ1n) is 3.82. The monoisotopic (exact) mass is 160 g/mol. The first-order chi connectivity index (χ1) is 4.84. The van der Waals surface area contributed by atoms with Gasteiger partial charge in [0.1, 0.15) is 0 Å². The molecule has 10 heavy (non-hydrogen) atoms. The van der Waals surface area contributed by atoms with Crippen molar-refractivity contribution in [2.45, 2.75) is 12.5 Å². The minimum atomic E-state index is 0.375. The van der Waals surface area contributed by atoms with Gasteiger partial charge in [-0.15, -0.1) is 0 Å². The molecule has 0 amide bonds. The Kier molecular flexibility index (Phi) is 3.52. The SMILES string of the molecule is CNCC(N)C1CCSC1. The molecule has 60 valence electrons. The Bertz CT molecular complexity index is 91.6. The zero-order chi connectivity index (χ0) is 7.40. The van der Waals surface area contributed by atoms with Crippen LogP contribution in [0.25, 0.3) is 0 Å². The van der Waals surface area contributed by atoms with Crippen molar-refractivity contribution in [3.63, 3.8) is 0 Å². The van der Waals surface area contributed by atoms with Gasteiger partial charge in [0.15, 0.2) is 0 Å². The molecule has 2 nitrogen and oxygen atoms in total. The maximum absolute atomic E-state index is 5.91. The molecule has 1 aliphatic heterocycles. The third-order valence-electron chi connectivity index (χ3n) is 2.01. The van der Waals surface area contributed by atoms with Crippen molar-refractivity contribution in [1.29, 1.82) is 0 Å². The Morgan fingerprint density at radius 3 is 3.10 bits per heavy atom. The quantitative estimate of drug-likeness (QED) is 0.623. The summed E-state index contributed by atoms with van der Waals surface area (Å²) >= 11 is 2.03. The number of thioether (sulfide) groups is 1. The van der Waals surface area contributed by atoms with Gasteiger partial charge in [0.25, 0.3) is 0 Å². The molecule has 1 saturated heterocycles. The molecule has 1 aliphatic rings. The Balaban J connectivity index is 2.18. The maximum Gasteiger partial charge on any atom is 0.0202 e. The van der Waals surface area contributed by atoms with Crippen LogP contribution in [0.2, 0.25) is 0 Å². The van der Waals surface area contributed by atoms with E-state index in [0.717, 1.165) is 12.5 Å². The fourth-order valence-corrected chi connectivity index (χ4v) is 2.65. The topological polar surface area (TPSA) is 38.0 Å². The molecular formula is C7H16N2S. The van der Waals surface area contributed by atoms with Crippen LogP contribution in [0.5, 0.6) is 0 Å². The first kappa shape index (κ1) is 8.37. The second kappa shape index (κ2) is 4.21. The molecule has 0 aromatic heterocycles. The van der Waals surface area contributed by atoms with E-state index >= 15 is 0 Å². The van der Waals surface area contributed by atoms with Crippen molar-refractivity contribution < 1.29 is 0 Å². The van der Waals surface area contributed by atoms with Crippen LogP contribution >= 0.6 is 11.8 Å². The van der Waals surface area contributed by atoms with Gasteiger partial charge in [-0.3, -0.25) is 0 Å². The summed E-state index contributed by atoms with van der Waals surface area (Å²) in [5.41, 5.74) is 5.91. The summed E-state index contributed by atoms with van der Waals surface area (Å²) in [5.74, 6) is 3.34. The molecule has 3 N–H and O–H groups in total. The van der Waals surface area contributed by atoms with E-state index in [0.29, 0.717) is 6.04 Å². The van der Waals surface area contributed by atoms with Crippen LogP contribution in [0.4, 0.5) is 0 Å². The predicted octanol–water partition coefficient (Wildman–Crippen LogP) is 0.286. The summed E-state index contributed by atoms with van der Waals surface area (Å²) in [6.07, 6.45) is 1.31. The van der Waals surface area contributed by atoms with Crippen molar-refractivity contribution in [1.82, 2.24) is 5.32 Å². The summed E-state index contributed by atoms with van der Waals surface area (Å²) in [4.78, 5) is 0. The Hall–Kier alpha value is 0.270. The van der Waals surface area contributed by atoms with Gasteiger partial charge in [0, 0.05) is 12.6 Å². The normalized spacial score (nSPS) is 28.8. The van der Waals surface area contributed by atoms with E-state index in [-0.39, 0.29) is 0 Å². The standard InChI is InChI=1S/C7H16N2S/c1-9-4-7(8)6-2-3-10-5-6/h6-7,9H,2-5,8H2,1H3. The highest BCUT2D eigenvalue weighted by atomic mass is 32.2. The van der Waals surface area contributed by atoms with Crippen LogP contribution in [0.15, 0.2) is 0 Å². The lowest BCUT2D eigenvalue weighted by Gasteiger charge is -2.16. The highest BCUT2D eigenvalue weighted by Crippen LogP contribution is 2.24. The fourth-order valence-electron chi connectivity index (χ4n) is 1.29. The van der Waals surface area contributed by atoms with E-state index in [1.165, 1.54) is 17.9 Å². The largest absolute Gasteiger partial charge is 0.326 e. The number of likely N-dealkylation sites (N-methyl/N-ethyl adjacent to an activating group) is 1. The van der Waals surface area contributed by atoms with Crippen LogP contribution in [0, 0.1) is 5.92 Å². The second-order valence-corrected chi connectivity index (χ2v) is 4.00. The molecule has 0 spiro atoms. The molecule has 0 radical (unpaired) electrons. The summed E-state index contributed by atoms with van der Waals surface area (Å²) in [6.45, 7) is 0.964. The number of nitrogens with two attached hydrogens (primary N) is 1. The molecule has 2 atom stereocenters. The minimum absolute atomic E-state index is 0.375. The molecule has 3 heteroatoms. The highest BCUT2D eigenvalue weighted by Gasteiger charge is 2.21. The lowest BCUT2D eigenvalue weighted by Crippen LogP contribution is -2.38. The number of hydrogen-bond donors (Lipinski definition) is 2. The van der Waals surface area contributed by atoms with Crippen molar-refractivity contribution in [2.75, 3.05) is 25.1 Å². The molecule has 0 saturated carbocycles. The Morgan fingerprint density at radius 1 is 1.80 bits per heavy atom. The van der Waals surface area contributed by atoms with Gasteiger partial charge < -0.3 is 11.1 Å². The van der Waals surface area contributed by atoms with Crippen LogP contribution in [0.1, 0.15) is 6.42 Å². The van der Waals surface area contributed by atoms with Gasteiger partial charge in [0.05, 0.1) is 0 Å². The van der Waals surface area contributed by atoms with Gasteiger partial charge in [-0.1, -0.05) is 0 Å². The van der Waals surface area contributed by atoms with Gasteiger partial charge in [0.2, 0.25) is 0 Å². The zero-order valence-corrected chi connectivity index (χ0v) is 7.29. The van der Waals surface area contributed by atoms with Crippen molar-refractivity contribution in [3.05, 3.63) is 0 Å². The van der Waals surface area contributed by atoms with Crippen molar-refractivity contribution in [2.24, 2.45) is 11.7 Å². The van der Waals surface area contributed by atoms with E-state index in [9.17, 15) is 0 Å². The molecule has 1 heterocycles. The van der Waals surface area contributed by atoms with Gasteiger partial charge >= 0.3 is 0 Å². The van der Waals surface area contributed by atoms with Gasteiger partial charge in [-0.25, -0.2) is 0 Å². The van der Waals surface area contributed by atoms with E-state index in [4.69, 9.17) is 5.73 Å². The fraction of sp³-hybridized carbons (Fsp3) is 1.00. The smallest absolute Gasteiger partial charge is 0.0202 e. The highest BCUT2D eigenvalue weighted by molar-refractivity contribution is 7.99. The molecule has 1 fully saturated rings. The molecular weight excluding hydrogens is 144 g/mol. The first-order valence-corrected chi connectivity index (χ1v) is 4.98. The maximum atomic E-state index is 5.91. The lowest BCUT2D eigenvalue weighted by molar-refractivity contribution is 0.450. The van der Waals surface area contributed by atoms with Crippen LogP contribution in [-0.4, -0.2) is 31.1 Å². The Labute approximate surface area is 66.9 Å². The third-order valence-corrected chi connectivity index (χ3v) is 3.20. The molecule has 0 aliphatic carbocycles. The number of hydrogen-bond acceptors (Lipinski definition) is 3. The van der Waals surface area contributed by atoms with Crippen LogP contribution in [0.3, 0.4) is 0 Å². The van der Waals surface area contributed by atoms with Crippen molar-refractivity contribution >= 4 is 11.8 Å². The second-order valence-electron chi connectivity index (χ2n) is 2.85. The van der Waals surface area contributed by atoms with E-state index in [1.807, 2.05) is 18.8 Å². The van der Waals surface area contributed by atoms with Gasteiger partial charge in [-0.2, -0.15) is 11.8 Å². The summed E-state index contributed by atoms with van der Waals surface area (Å²) in [6, 6.07) is 0.375. The average molecular weight is 160 g/mol. The summed E-state index contributed by atoms with van der Waals surface area (Å²) in [7, 11) is 1.96. The average Bonchev–Trinajstić information content (AvgIpc) is 2.38. The molecule has 0 aromatic rings. The molecule has 1 rings (SSSR count). The zero-order valence-electron chi connectivity index (χ0n) is 6.47. The number of rotatable bonds is 3. The van der Waals surface area contributed by atoms with Crippen LogP contribution < -0.4 is 11.1 Å². The molecule has 0 bridgehead atoms.